The topological polar surface area (TPSA) is 54.5 Å². The molecule has 1 atom stereocenters. The summed E-state index contributed by atoms with van der Waals surface area (Å²) < 4.78 is 5.66. The second-order valence-corrected chi connectivity index (χ2v) is 6.46. The zero-order chi connectivity index (χ0) is 19.3. The summed E-state index contributed by atoms with van der Waals surface area (Å²) in [5.41, 5.74) is 2.07. The van der Waals surface area contributed by atoms with Gasteiger partial charge in [0.1, 0.15) is 0 Å². The van der Waals surface area contributed by atoms with E-state index in [1.165, 1.54) is 0 Å². The van der Waals surface area contributed by atoms with Gasteiger partial charge in [-0.25, -0.2) is 0 Å². The minimum absolute atomic E-state index is 0.0254. The summed E-state index contributed by atoms with van der Waals surface area (Å²) in [5.74, 6) is -0.205. The third kappa shape index (κ3) is 7.49. The molecule has 146 valence electrons. The first-order chi connectivity index (χ1) is 13.2. The summed E-state index contributed by atoms with van der Waals surface area (Å²) in [5, 5.41) is 3.02. The maximum absolute atomic E-state index is 12.8. The Morgan fingerprint density at radius 2 is 1.89 bits per heavy atom. The maximum atomic E-state index is 12.8. The van der Waals surface area contributed by atoms with E-state index in [0.29, 0.717) is 26.2 Å². The van der Waals surface area contributed by atoms with Crippen LogP contribution in [0.15, 0.2) is 54.9 Å². The monoisotopic (exact) mass is 369 g/mol. The van der Waals surface area contributed by atoms with Gasteiger partial charge in [0.05, 0.1) is 19.1 Å². The Labute approximate surface area is 162 Å². The number of carbonyl (C=O) groups is 1. The number of aromatic nitrogens is 1. The lowest BCUT2D eigenvalue weighted by molar-refractivity contribution is -0.122. The molecular formula is C22H31N3O2. The van der Waals surface area contributed by atoms with Gasteiger partial charge in [-0.2, -0.15) is 0 Å². The van der Waals surface area contributed by atoms with Gasteiger partial charge in [-0.15, -0.1) is 0 Å². The van der Waals surface area contributed by atoms with Gasteiger partial charge in [-0.1, -0.05) is 50.2 Å². The first-order valence-electron chi connectivity index (χ1n) is 9.76. The molecule has 5 heteroatoms. The minimum atomic E-state index is -0.230. The Kier molecular flexibility index (Phi) is 9.52. The molecule has 27 heavy (non-hydrogen) atoms. The molecule has 1 unspecified atom stereocenters. The van der Waals surface area contributed by atoms with Crippen LogP contribution in [-0.4, -0.2) is 55.2 Å². The number of nitrogens with one attached hydrogen (secondary N) is 1. The molecule has 0 fully saturated rings. The number of hydrogen-bond donors (Lipinski definition) is 1. The minimum Gasteiger partial charge on any atom is -0.378 e. The molecule has 1 heterocycles. The van der Waals surface area contributed by atoms with Crippen LogP contribution in [-0.2, 0) is 16.0 Å². The van der Waals surface area contributed by atoms with Crippen LogP contribution in [0.3, 0.4) is 0 Å². The van der Waals surface area contributed by atoms with Crippen molar-refractivity contribution in [2.24, 2.45) is 0 Å². The Morgan fingerprint density at radius 1 is 1.11 bits per heavy atom. The number of rotatable bonds is 12. The number of ether oxygens (including phenoxy) is 1. The third-order valence-corrected chi connectivity index (χ3v) is 4.67. The van der Waals surface area contributed by atoms with E-state index in [-0.39, 0.29) is 11.8 Å². The van der Waals surface area contributed by atoms with Crippen molar-refractivity contribution in [1.29, 1.82) is 0 Å². The lowest BCUT2D eigenvalue weighted by Crippen LogP contribution is -2.34. The molecule has 0 aliphatic heterocycles. The van der Waals surface area contributed by atoms with Crippen molar-refractivity contribution < 1.29 is 9.53 Å². The lowest BCUT2D eigenvalue weighted by atomic mass is 9.92. The van der Waals surface area contributed by atoms with Crippen LogP contribution in [0.2, 0.25) is 0 Å². The Hall–Kier alpha value is -2.24. The molecule has 0 bridgehead atoms. The molecule has 0 aliphatic carbocycles. The van der Waals surface area contributed by atoms with E-state index >= 15 is 0 Å². The number of nitrogens with zero attached hydrogens (tertiary/aromatic N) is 2. The van der Waals surface area contributed by atoms with Gasteiger partial charge in [0, 0.05) is 25.5 Å². The van der Waals surface area contributed by atoms with Gasteiger partial charge < -0.3 is 15.0 Å². The zero-order valence-corrected chi connectivity index (χ0v) is 16.4. The summed E-state index contributed by atoms with van der Waals surface area (Å²) in [6.07, 6.45) is 4.20. The van der Waals surface area contributed by atoms with E-state index in [2.05, 4.69) is 29.0 Å². The highest BCUT2D eigenvalue weighted by Gasteiger charge is 2.20. The predicted molar refractivity (Wildman–Crippen MR) is 109 cm³/mol. The molecular weight excluding hydrogens is 338 g/mol. The first-order valence-corrected chi connectivity index (χ1v) is 9.76. The van der Waals surface area contributed by atoms with Crippen LogP contribution in [0.5, 0.6) is 0 Å². The van der Waals surface area contributed by atoms with Gasteiger partial charge in [0.15, 0.2) is 0 Å². The molecule has 0 aliphatic rings. The molecule has 1 aromatic carbocycles. The van der Waals surface area contributed by atoms with Crippen LogP contribution >= 0.6 is 0 Å². The molecule has 0 saturated carbocycles. The molecule has 1 aromatic heterocycles. The Balaban J connectivity index is 1.83. The van der Waals surface area contributed by atoms with E-state index in [1.54, 1.807) is 6.20 Å². The molecule has 5 nitrogen and oxygen atoms in total. The third-order valence-electron chi connectivity index (χ3n) is 4.67. The van der Waals surface area contributed by atoms with Crippen molar-refractivity contribution in [3.05, 3.63) is 66.0 Å². The molecule has 2 rings (SSSR count). The average Bonchev–Trinajstić information content (AvgIpc) is 2.73. The van der Waals surface area contributed by atoms with E-state index in [4.69, 9.17) is 4.74 Å². The number of amides is 1. The summed E-state index contributed by atoms with van der Waals surface area (Å²) >= 11 is 0. The van der Waals surface area contributed by atoms with Crippen LogP contribution < -0.4 is 5.32 Å². The molecule has 0 saturated heterocycles. The summed E-state index contributed by atoms with van der Waals surface area (Å²) in [6, 6.07) is 13.8. The quantitative estimate of drug-likeness (QED) is 0.585. The average molecular weight is 370 g/mol. The largest absolute Gasteiger partial charge is 0.378 e. The van der Waals surface area contributed by atoms with Crippen LogP contribution in [0.25, 0.3) is 0 Å². The highest BCUT2D eigenvalue weighted by Crippen LogP contribution is 2.20. The van der Waals surface area contributed by atoms with Gasteiger partial charge in [-0.3, -0.25) is 9.78 Å². The predicted octanol–water partition coefficient (Wildman–Crippen LogP) is 2.88. The molecule has 2 aromatic rings. The van der Waals surface area contributed by atoms with Gasteiger partial charge in [-0.05, 0) is 36.7 Å². The summed E-state index contributed by atoms with van der Waals surface area (Å²) in [6.45, 7) is 9.03. The fraction of sp³-hybridized carbons (Fsp3) is 0.455. The zero-order valence-electron chi connectivity index (χ0n) is 16.4. The maximum Gasteiger partial charge on any atom is 0.227 e. The normalized spacial score (nSPS) is 12.1. The van der Waals surface area contributed by atoms with E-state index in [1.807, 2.05) is 48.7 Å². The number of benzene rings is 1. The molecule has 0 spiro atoms. The second-order valence-electron chi connectivity index (χ2n) is 6.46. The van der Waals surface area contributed by atoms with Crippen molar-refractivity contribution in [3.8, 4) is 0 Å². The fourth-order valence-corrected chi connectivity index (χ4v) is 3.01. The second kappa shape index (κ2) is 12.2. The smallest absolute Gasteiger partial charge is 0.227 e. The van der Waals surface area contributed by atoms with Gasteiger partial charge >= 0.3 is 0 Å². The molecule has 1 amide bonds. The van der Waals surface area contributed by atoms with Gasteiger partial charge in [0.2, 0.25) is 5.91 Å². The van der Waals surface area contributed by atoms with Crippen LogP contribution in [0.4, 0.5) is 0 Å². The Morgan fingerprint density at radius 3 is 2.56 bits per heavy atom. The fourth-order valence-electron chi connectivity index (χ4n) is 3.01. The first kappa shape index (κ1) is 21.1. The van der Waals surface area contributed by atoms with Crippen molar-refractivity contribution in [3.63, 3.8) is 0 Å². The SMILES string of the molecule is CCN(CC)CCOCCNC(=O)C(Cc1cccnc1)c1ccccc1. The van der Waals surface area contributed by atoms with Crippen molar-refractivity contribution in [2.75, 3.05) is 39.4 Å². The van der Waals surface area contributed by atoms with Crippen molar-refractivity contribution >= 4 is 5.91 Å². The lowest BCUT2D eigenvalue weighted by Gasteiger charge is -2.19. The van der Waals surface area contributed by atoms with E-state index < -0.39 is 0 Å². The number of hydrogen-bond acceptors (Lipinski definition) is 4. The van der Waals surface area contributed by atoms with E-state index in [9.17, 15) is 4.79 Å². The number of carbonyl (C=O) groups excluding carboxylic acids is 1. The molecule has 1 N–H and O–H groups in total. The highest BCUT2D eigenvalue weighted by molar-refractivity contribution is 5.84. The van der Waals surface area contributed by atoms with Crippen LogP contribution in [0.1, 0.15) is 30.9 Å². The number of likely N-dealkylation sites (N-methyl/N-ethyl adjacent to an activating group) is 1. The standard InChI is InChI=1S/C22H31N3O2/c1-3-25(4-2)14-16-27-15-13-24-22(26)21(20-10-6-5-7-11-20)17-19-9-8-12-23-18-19/h5-12,18,21H,3-4,13-17H2,1-2H3,(H,24,26). The highest BCUT2D eigenvalue weighted by atomic mass is 16.5. The summed E-state index contributed by atoms with van der Waals surface area (Å²) in [4.78, 5) is 19.3. The van der Waals surface area contributed by atoms with E-state index in [0.717, 1.165) is 30.8 Å². The Bertz CT molecular complexity index is 645. The summed E-state index contributed by atoms with van der Waals surface area (Å²) in [7, 11) is 0. The van der Waals surface area contributed by atoms with Gasteiger partial charge in [0.25, 0.3) is 0 Å². The van der Waals surface area contributed by atoms with Crippen LogP contribution in [0, 0.1) is 0 Å². The van der Waals surface area contributed by atoms with Crippen molar-refractivity contribution in [1.82, 2.24) is 15.2 Å². The molecule has 0 radical (unpaired) electrons. The number of pyridine rings is 1. The van der Waals surface area contributed by atoms with Crippen molar-refractivity contribution in [2.45, 2.75) is 26.2 Å².